The average molecular weight is 253 g/mol. The third-order valence-electron chi connectivity index (χ3n) is 2.09. The van der Waals surface area contributed by atoms with Crippen LogP contribution in [0, 0.1) is 0 Å². The van der Waals surface area contributed by atoms with Crippen LogP contribution in [0.3, 0.4) is 0 Å². The van der Waals surface area contributed by atoms with Crippen molar-refractivity contribution in [3.8, 4) is 0 Å². The van der Waals surface area contributed by atoms with Crippen molar-refractivity contribution in [2.45, 2.75) is 4.90 Å². The molecule has 0 amide bonds. The number of hydrogen-bond acceptors (Lipinski definition) is 4. The Bertz CT molecular complexity index is 527. The van der Waals surface area contributed by atoms with Crippen molar-refractivity contribution in [1.29, 1.82) is 0 Å². The van der Waals surface area contributed by atoms with Crippen LogP contribution >= 0.6 is 0 Å². The lowest BCUT2D eigenvalue weighted by Gasteiger charge is -2.03. The van der Waals surface area contributed by atoms with Gasteiger partial charge >= 0.3 is 0 Å². The van der Waals surface area contributed by atoms with Crippen molar-refractivity contribution < 1.29 is 13.2 Å². The largest absolute Gasteiger partial charge is 0.383 e. The van der Waals surface area contributed by atoms with Crippen LogP contribution in [0.15, 0.2) is 41.4 Å². The summed E-state index contributed by atoms with van der Waals surface area (Å²) in [6.07, 6.45) is 4.22. The lowest BCUT2D eigenvalue weighted by molar-refractivity contribution is 0.104. The molecule has 0 saturated heterocycles. The molecule has 92 valence electrons. The van der Waals surface area contributed by atoms with E-state index in [0.717, 1.165) is 6.26 Å². The number of carbonyl (C=O) groups is 1. The molecule has 0 aliphatic rings. The van der Waals surface area contributed by atoms with E-state index in [9.17, 15) is 13.2 Å². The van der Waals surface area contributed by atoms with Crippen molar-refractivity contribution in [3.63, 3.8) is 0 Å². The van der Waals surface area contributed by atoms with E-state index in [0.29, 0.717) is 5.56 Å². The second-order valence-corrected chi connectivity index (χ2v) is 5.96. The molecule has 1 rings (SSSR count). The molecule has 0 N–H and O–H groups in total. The van der Waals surface area contributed by atoms with Gasteiger partial charge in [-0.1, -0.05) is 0 Å². The van der Waals surface area contributed by atoms with Gasteiger partial charge in [-0.15, -0.1) is 0 Å². The Morgan fingerprint density at radius 1 is 1.18 bits per heavy atom. The number of rotatable bonds is 4. The van der Waals surface area contributed by atoms with Crippen LogP contribution < -0.4 is 0 Å². The van der Waals surface area contributed by atoms with Gasteiger partial charge in [0.2, 0.25) is 0 Å². The second kappa shape index (κ2) is 5.14. The topological polar surface area (TPSA) is 54.5 Å². The summed E-state index contributed by atoms with van der Waals surface area (Å²) in [5.74, 6) is -0.154. The highest BCUT2D eigenvalue weighted by Crippen LogP contribution is 2.11. The van der Waals surface area contributed by atoms with Gasteiger partial charge in [0.1, 0.15) is 0 Å². The first kappa shape index (κ1) is 13.4. The van der Waals surface area contributed by atoms with Crippen molar-refractivity contribution in [2.24, 2.45) is 0 Å². The maximum absolute atomic E-state index is 11.6. The summed E-state index contributed by atoms with van der Waals surface area (Å²) in [6, 6.07) is 5.90. The zero-order valence-corrected chi connectivity index (χ0v) is 10.9. The highest BCUT2D eigenvalue weighted by atomic mass is 32.2. The van der Waals surface area contributed by atoms with Gasteiger partial charge < -0.3 is 4.90 Å². The molecule has 0 saturated carbocycles. The van der Waals surface area contributed by atoms with Crippen LogP contribution in [0.4, 0.5) is 0 Å². The van der Waals surface area contributed by atoms with E-state index < -0.39 is 9.84 Å². The number of hydrogen-bond donors (Lipinski definition) is 0. The van der Waals surface area contributed by atoms with E-state index in [1.54, 1.807) is 11.1 Å². The summed E-state index contributed by atoms with van der Waals surface area (Å²) in [5, 5.41) is 0. The Morgan fingerprint density at radius 2 is 1.71 bits per heavy atom. The van der Waals surface area contributed by atoms with Crippen molar-refractivity contribution >= 4 is 15.6 Å². The molecule has 0 heterocycles. The Hall–Kier alpha value is -1.62. The zero-order valence-electron chi connectivity index (χ0n) is 10.0. The average Bonchev–Trinajstić information content (AvgIpc) is 2.25. The molecule has 0 spiro atoms. The molecule has 0 aliphatic heterocycles. The van der Waals surface area contributed by atoms with E-state index in [2.05, 4.69) is 0 Å². The lowest BCUT2D eigenvalue weighted by atomic mass is 10.1. The Labute approximate surface area is 101 Å². The first-order chi connectivity index (χ1) is 7.80. The predicted octanol–water partition coefficient (Wildman–Crippen LogP) is 1.35. The second-order valence-electron chi connectivity index (χ2n) is 3.94. The van der Waals surface area contributed by atoms with Gasteiger partial charge in [0, 0.05) is 38.2 Å². The van der Waals surface area contributed by atoms with E-state index >= 15 is 0 Å². The van der Waals surface area contributed by atoms with Crippen molar-refractivity contribution in [3.05, 3.63) is 42.1 Å². The van der Waals surface area contributed by atoms with Crippen molar-refractivity contribution in [1.82, 2.24) is 4.90 Å². The third-order valence-corrected chi connectivity index (χ3v) is 3.22. The minimum atomic E-state index is -3.21. The summed E-state index contributed by atoms with van der Waals surface area (Å²) < 4.78 is 22.4. The molecule has 1 aromatic carbocycles. The normalized spacial score (nSPS) is 11.7. The molecule has 5 heteroatoms. The Kier molecular flexibility index (Phi) is 4.07. The van der Waals surface area contributed by atoms with Crippen LogP contribution in [0.5, 0.6) is 0 Å². The summed E-state index contributed by atoms with van der Waals surface area (Å²) in [6.45, 7) is 0. The van der Waals surface area contributed by atoms with Crippen LogP contribution in [-0.2, 0) is 9.84 Å². The molecule has 0 radical (unpaired) electrons. The molecule has 0 atom stereocenters. The minimum absolute atomic E-state index is 0.154. The van der Waals surface area contributed by atoms with Gasteiger partial charge in [-0.05, 0) is 24.3 Å². The summed E-state index contributed by atoms with van der Waals surface area (Å²) in [5.41, 5.74) is 0.468. The molecule has 1 aromatic rings. The van der Waals surface area contributed by atoms with Gasteiger partial charge in [0.05, 0.1) is 4.90 Å². The molecular formula is C12H15NO3S. The molecule has 4 nitrogen and oxygen atoms in total. The van der Waals surface area contributed by atoms with E-state index in [4.69, 9.17) is 0 Å². The smallest absolute Gasteiger partial charge is 0.187 e. The molecule has 17 heavy (non-hydrogen) atoms. The number of sulfone groups is 1. The molecule has 0 fully saturated rings. The molecule has 0 bridgehead atoms. The first-order valence-corrected chi connectivity index (χ1v) is 6.89. The lowest BCUT2D eigenvalue weighted by Crippen LogP contribution is -2.03. The number of carbonyl (C=O) groups excluding carboxylic acids is 1. The van der Waals surface area contributed by atoms with Crippen molar-refractivity contribution in [2.75, 3.05) is 20.4 Å². The maximum atomic E-state index is 11.6. The quantitative estimate of drug-likeness (QED) is 0.600. The van der Waals surface area contributed by atoms with Gasteiger partial charge in [-0.3, -0.25) is 4.79 Å². The van der Waals surface area contributed by atoms with E-state index in [1.165, 1.54) is 30.3 Å². The zero-order chi connectivity index (χ0) is 13.1. The number of allylic oxidation sites excluding steroid dienone is 1. The SMILES string of the molecule is CN(C)/C=C/C(=O)c1ccc(S(C)(=O)=O)cc1. The summed E-state index contributed by atoms with van der Waals surface area (Å²) in [4.78, 5) is 13.6. The van der Waals surface area contributed by atoms with Gasteiger partial charge in [-0.25, -0.2) is 8.42 Å². The van der Waals surface area contributed by atoms with Crippen LogP contribution in [0.25, 0.3) is 0 Å². The highest BCUT2D eigenvalue weighted by Gasteiger charge is 2.08. The highest BCUT2D eigenvalue weighted by molar-refractivity contribution is 7.90. The first-order valence-electron chi connectivity index (χ1n) is 5.00. The standard InChI is InChI=1S/C12H15NO3S/c1-13(2)9-8-12(14)10-4-6-11(7-5-10)17(3,15)16/h4-9H,1-3H3/b9-8+. The van der Waals surface area contributed by atoms with Crippen LogP contribution in [0.1, 0.15) is 10.4 Å². The maximum Gasteiger partial charge on any atom is 0.187 e. The van der Waals surface area contributed by atoms with Crippen LogP contribution in [-0.4, -0.2) is 39.5 Å². The molecule has 0 aromatic heterocycles. The Balaban J connectivity index is 2.92. The number of ketones is 1. The predicted molar refractivity (Wildman–Crippen MR) is 66.7 cm³/mol. The fourth-order valence-electron chi connectivity index (χ4n) is 1.18. The third kappa shape index (κ3) is 4.03. The number of benzene rings is 1. The molecule has 0 aliphatic carbocycles. The van der Waals surface area contributed by atoms with Gasteiger partial charge in [-0.2, -0.15) is 0 Å². The summed E-state index contributed by atoms with van der Waals surface area (Å²) >= 11 is 0. The summed E-state index contributed by atoms with van der Waals surface area (Å²) in [7, 11) is 0.423. The molecule has 0 unspecified atom stereocenters. The van der Waals surface area contributed by atoms with Gasteiger partial charge in [0.25, 0.3) is 0 Å². The fraction of sp³-hybridized carbons (Fsp3) is 0.250. The van der Waals surface area contributed by atoms with Crippen LogP contribution in [0.2, 0.25) is 0 Å². The molecular weight excluding hydrogens is 238 g/mol. The monoisotopic (exact) mass is 253 g/mol. The Morgan fingerprint density at radius 3 is 2.12 bits per heavy atom. The van der Waals surface area contributed by atoms with E-state index in [1.807, 2.05) is 14.1 Å². The minimum Gasteiger partial charge on any atom is -0.383 e. The van der Waals surface area contributed by atoms with E-state index in [-0.39, 0.29) is 10.7 Å². The van der Waals surface area contributed by atoms with Gasteiger partial charge in [0.15, 0.2) is 15.6 Å². The number of nitrogens with zero attached hydrogens (tertiary/aromatic N) is 1. The fourth-order valence-corrected chi connectivity index (χ4v) is 1.81.